The summed E-state index contributed by atoms with van der Waals surface area (Å²) in [6.07, 6.45) is 0. The monoisotopic (exact) mass is 309 g/mol. The number of carbonyl (C=O) groups excluding carboxylic acids is 1. The van der Waals surface area contributed by atoms with E-state index in [9.17, 15) is 9.59 Å². The topological polar surface area (TPSA) is 68.5 Å². The zero-order valence-electron chi connectivity index (χ0n) is 12.5. The van der Waals surface area contributed by atoms with Gasteiger partial charge in [-0.2, -0.15) is 0 Å². The van der Waals surface area contributed by atoms with Crippen LogP contribution >= 0.6 is 0 Å². The molecule has 0 spiro atoms. The first-order valence-corrected chi connectivity index (χ1v) is 7.14. The van der Waals surface area contributed by atoms with Gasteiger partial charge in [0, 0.05) is 23.2 Å². The summed E-state index contributed by atoms with van der Waals surface area (Å²) in [4.78, 5) is 23.4. The first kappa shape index (κ1) is 14.8. The molecule has 23 heavy (non-hydrogen) atoms. The molecule has 116 valence electrons. The van der Waals surface area contributed by atoms with Gasteiger partial charge in [0.1, 0.15) is 11.3 Å². The van der Waals surface area contributed by atoms with Gasteiger partial charge in [0.05, 0.1) is 0 Å². The van der Waals surface area contributed by atoms with E-state index in [1.807, 2.05) is 25.1 Å². The van der Waals surface area contributed by atoms with Gasteiger partial charge >= 0.3 is 5.63 Å². The second kappa shape index (κ2) is 6.36. The molecular weight excluding hydrogens is 294 g/mol. The average molecular weight is 309 g/mol. The highest BCUT2D eigenvalue weighted by molar-refractivity contribution is 5.94. The van der Waals surface area contributed by atoms with Gasteiger partial charge in [0.15, 0.2) is 6.61 Å². The van der Waals surface area contributed by atoms with Crippen LogP contribution in [-0.4, -0.2) is 12.5 Å². The van der Waals surface area contributed by atoms with Gasteiger partial charge in [-0.3, -0.25) is 4.79 Å². The summed E-state index contributed by atoms with van der Waals surface area (Å²) >= 11 is 0. The molecule has 0 aliphatic carbocycles. The maximum Gasteiger partial charge on any atom is 0.336 e. The second-order valence-electron chi connectivity index (χ2n) is 5.11. The van der Waals surface area contributed by atoms with E-state index in [0.717, 1.165) is 10.9 Å². The summed E-state index contributed by atoms with van der Waals surface area (Å²) < 4.78 is 10.5. The molecule has 0 fully saturated rings. The van der Waals surface area contributed by atoms with Gasteiger partial charge in [-0.15, -0.1) is 0 Å². The third-order valence-corrected chi connectivity index (χ3v) is 3.35. The van der Waals surface area contributed by atoms with E-state index >= 15 is 0 Å². The molecule has 0 aliphatic heterocycles. The fraction of sp³-hybridized carbons (Fsp3) is 0.111. The van der Waals surface area contributed by atoms with Crippen LogP contribution < -0.4 is 15.7 Å². The van der Waals surface area contributed by atoms with Crippen LogP contribution in [0, 0.1) is 6.92 Å². The predicted molar refractivity (Wildman–Crippen MR) is 87.8 cm³/mol. The molecule has 0 saturated carbocycles. The molecule has 2 aromatic carbocycles. The number of aryl methyl sites for hydroxylation is 1. The van der Waals surface area contributed by atoms with Crippen molar-refractivity contribution in [2.75, 3.05) is 11.9 Å². The van der Waals surface area contributed by atoms with Crippen molar-refractivity contribution in [3.63, 3.8) is 0 Å². The van der Waals surface area contributed by atoms with Crippen molar-refractivity contribution in [2.24, 2.45) is 0 Å². The third-order valence-electron chi connectivity index (χ3n) is 3.35. The van der Waals surface area contributed by atoms with Crippen molar-refractivity contribution in [3.05, 3.63) is 70.6 Å². The molecule has 1 N–H and O–H groups in total. The lowest BCUT2D eigenvalue weighted by Gasteiger charge is -2.08. The van der Waals surface area contributed by atoms with Crippen molar-refractivity contribution in [1.82, 2.24) is 0 Å². The number of hydrogen-bond donors (Lipinski definition) is 1. The van der Waals surface area contributed by atoms with Crippen LogP contribution in [-0.2, 0) is 4.79 Å². The second-order valence-corrected chi connectivity index (χ2v) is 5.11. The quantitative estimate of drug-likeness (QED) is 0.752. The lowest BCUT2D eigenvalue weighted by atomic mass is 10.1. The Morgan fingerprint density at radius 1 is 1.13 bits per heavy atom. The van der Waals surface area contributed by atoms with Crippen molar-refractivity contribution >= 4 is 22.6 Å². The molecule has 3 aromatic rings. The van der Waals surface area contributed by atoms with E-state index < -0.39 is 5.63 Å². The number of para-hydroxylation sites is 1. The van der Waals surface area contributed by atoms with Crippen molar-refractivity contribution in [1.29, 1.82) is 0 Å². The minimum absolute atomic E-state index is 0.0974. The van der Waals surface area contributed by atoms with Crippen molar-refractivity contribution in [3.8, 4) is 5.75 Å². The molecule has 0 unspecified atom stereocenters. The Balaban J connectivity index is 1.71. The van der Waals surface area contributed by atoms with Gasteiger partial charge < -0.3 is 14.5 Å². The summed E-state index contributed by atoms with van der Waals surface area (Å²) in [6, 6.07) is 15.7. The number of amides is 1. The van der Waals surface area contributed by atoms with E-state index in [2.05, 4.69) is 5.32 Å². The molecule has 0 bridgehead atoms. The smallest absolute Gasteiger partial charge is 0.336 e. The summed E-state index contributed by atoms with van der Waals surface area (Å²) in [6.45, 7) is 1.74. The lowest BCUT2D eigenvalue weighted by molar-refractivity contribution is -0.118. The van der Waals surface area contributed by atoms with Gasteiger partial charge in [-0.05, 0) is 36.8 Å². The van der Waals surface area contributed by atoms with Crippen LogP contribution in [0.5, 0.6) is 5.75 Å². The summed E-state index contributed by atoms with van der Waals surface area (Å²) in [5, 5.41) is 3.55. The van der Waals surface area contributed by atoms with Gasteiger partial charge in [-0.25, -0.2) is 4.79 Å². The first-order valence-electron chi connectivity index (χ1n) is 7.14. The van der Waals surface area contributed by atoms with Crippen LogP contribution in [0.2, 0.25) is 0 Å². The minimum atomic E-state index is -0.411. The van der Waals surface area contributed by atoms with E-state index in [1.165, 1.54) is 6.07 Å². The van der Waals surface area contributed by atoms with E-state index in [0.29, 0.717) is 17.0 Å². The Labute approximate surface area is 132 Å². The van der Waals surface area contributed by atoms with Gasteiger partial charge in [0.25, 0.3) is 5.91 Å². The maximum absolute atomic E-state index is 11.9. The molecule has 0 aliphatic rings. The van der Waals surface area contributed by atoms with E-state index in [1.54, 1.807) is 30.3 Å². The number of anilines is 1. The van der Waals surface area contributed by atoms with Crippen LogP contribution in [0.4, 0.5) is 5.69 Å². The van der Waals surface area contributed by atoms with Crippen LogP contribution in [0.25, 0.3) is 11.0 Å². The number of carbonyl (C=O) groups is 1. The largest absolute Gasteiger partial charge is 0.484 e. The molecular formula is C18H15NO4. The fourth-order valence-corrected chi connectivity index (χ4v) is 2.27. The number of benzene rings is 2. The number of ether oxygens (including phenoxy) is 1. The molecule has 0 radical (unpaired) electrons. The number of rotatable bonds is 4. The third kappa shape index (κ3) is 3.58. The maximum atomic E-state index is 11.9. The molecule has 0 saturated heterocycles. The van der Waals surface area contributed by atoms with Crippen LogP contribution in [0.1, 0.15) is 5.56 Å². The Morgan fingerprint density at radius 3 is 2.70 bits per heavy atom. The van der Waals surface area contributed by atoms with Crippen molar-refractivity contribution in [2.45, 2.75) is 6.92 Å². The first-order chi connectivity index (χ1) is 11.1. The lowest BCUT2D eigenvalue weighted by Crippen LogP contribution is -2.20. The van der Waals surface area contributed by atoms with E-state index in [-0.39, 0.29) is 12.5 Å². The SMILES string of the molecule is Cc1cc(=O)oc2cc(NC(=O)COc3ccccc3)ccc12. The van der Waals surface area contributed by atoms with Gasteiger partial charge in [-0.1, -0.05) is 18.2 Å². The van der Waals surface area contributed by atoms with Crippen molar-refractivity contribution < 1.29 is 13.9 Å². The highest BCUT2D eigenvalue weighted by Gasteiger charge is 2.07. The summed E-state index contributed by atoms with van der Waals surface area (Å²) in [5.74, 6) is 0.339. The van der Waals surface area contributed by atoms with Crippen LogP contribution in [0.3, 0.4) is 0 Å². The summed E-state index contributed by atoms with van der Waals surface area (Å²) in [5.41, 5.74) is 1.41. The Bertz CT molecular complexity index is 900. The zero-order valence-corrected chi connectivity index (χ0v) is 12.5. The Hall–Kier alpha value is -3.08. The Kier molecular flexibility index (Phi) is 4.10. The molecule has 1 heterocycles. The minimum Gasteiger partial charge on any atom is -0.484 e. The number of hydrogen-bond acceptors (Lipinski definition) is 4. The van der Waals surface area contributed by atoms with Crippen LogP contribution in [0.15, 0.2) is 63.8 Å². The fourth-order valence-electron chi connectivity index (χ4n) is 2.27. The molecule has 1 aromatic heterocycles. The molecule has 3 rings (SSSR count). The highest BCUT2D eigenvalue weighted by Crippen LogP contribution is 2.20. The van der Waals surface area contributed by atoms with Gasteiger partial charge in [0.2, 0.25) is 0 Å². The molecule has 0 atom stereocenters. The summed E-state index contributed by atoms with van der Waals surface area (Å²) in [7, 11) is 0. The number of fused-ring (bicyclic) bond motifs is 1. The molecule has 1 amide bonds. The number of nitrogens with one attached hydrogen (secondary N) is 1. The predicted octanol–water partition coefficient (Wildman–Crippen LogP) is 3.12. The molecule has 5 nitrogen and oxygen atoms in total. The molecule has 5 heteroatoms. The Morgan fingerprint density at radius 2 is 1.91 bits per heavy atom. The standard InChI is InChI=1S/C18H15NO4/c1-12-9-18(21)23-16-10-13(7-8-15(12)16)19-17(20)11-22-14-5-3-2-4-6-14/h2-10H,11H2,1H3,(H,19,20). The highest BCUT2D eigenvalue weighted by atomic mass is 16.5. The normalized spacial score (nSPS) is 10.5. The zero-order chi connectivity index (χ0) is 16.2. The average Bonchev–Trinajstić information content (AvgIpc) is 2.53. The van der Waals surface area contributed by atoms with E-state index in [4.69, 9.17) is 9.15 Å².